The summed E-state index contributed by atoms with van der Waals surface area (Å²) in [5, 5.41) is 10.8. The molecule has 8 nitrogen and oxygen atoms in total. The van der Waals surface area contributed by atoms with Crippen molar-refractivity contribution in [1.82, 2.24) is 9.80 Å². The number of benzene rings is 1. The number of methoxy groups -OCH3 is 1. The van der Waals surface area contributed by atoms with Crippen molar-refractivity contribution in [3.63, 3.8) is 0 Å². The van der Waals surface area contributed by atoms with Crippen LogP contribution in [0.1, 0.15) is 19.3 Å². The lowest BCUT2D eigenvalue weighted by molar-refractivity contribution is -0.135. The first kappa shape index (κ1) is 20.3. The Morgan fingerprint density at radius 3 is 2.90 bits per heavy atom. The van der Waals surface area contributed by atoms with E-state index >= 15 is 0 Å². The van der Waals surface area contributed by atoms with Crippen molar-refractivity contribution in [1.29, 1.82) is 0 Å². The maximum absolute atomic E-state index is 13.2. The maximum Gasteiger partial charge on any atom is 0.254 e. The molecule has 0 aromatic heterocycles. The first-order valence-corrected chi connectivity index (χ1v) is 10.8. The number of amides is 2. The number of azo groups is 1. The highest BCUT2D eigenvalue weighted by Crippen LogP contribution is 2.42. The predicted octanol–water partition coefficient (Wildman–Crippen LogP) is 1.08. The van der Waals surface area contributed by atoms with Crippen LogP contribution < -0.4 is 10.6 Å². The third kappa shape index (κ3) is 3.47. The highest BCUT2D eigenvalue weighted by molar-refractivity contribution is 6.30. The number of hydrogen-bond donors (Lipinski definition) is 0. The molecule has 162 valence electrons. The van der Waals surface area contributed by atoms with Crippen LogP contribution in [0.15, 0.2) is 44.7 Å². The molecule has 4 aliphatic rings. The molecule has 0 bridgehead atoms. The summed E-state index contributed by atoms with van der Waals surface area (Å²) in [5.74, 6) is -0.167. The van der Waals surface area contributed by atoms with Crippen LogP contribution >= 0.6 is 11.6 Å². The summed E-state index contributed by atoms with van der Waals surface area (Å²) in [6.45, 7) is 1.40. The lowest BCUT2D eigenvalue weighted by Crippen LogP contribution is -2.48. The van der Waals surface area contributed by atoms with Gasteiger partial charge in [-0.05, 0) is 36.3 Å². The summed E-state index contributed by atoms with van der Waals surface area (Å²) >= 11 is 6.05. The van der Waals surface area contributed by atoms with Crippen molar-refractivity contribution in [3.8, 4) is 0 Å². The molecule has 0 N–H and O–H groups in total. The molecular formula is C22H24ClN5O3. The number of likely N-dealkylation sites (N-methyl/N-ethyl adjacent to an activating group) is 1. The van der Waals surface area contributed by atoms with E-state index in [1.165, 1.54) is 0 Å². The van der Waals surface area contributed by atoms with Gasteiger partial charge in [-0.2, -0.15) is 10.2 Å². The highest BCUT2D eigenvalue weighted by atomic mass is 35.5. The van der Waals surface area contributed by atoms with Crippen LogP contribution in [0.2, 0.25) is 5.02 Å². The van der Waals surface area contributed by atoms with Gasteiger partial charge in [0.1, 0.15) is 6.04 Å². The van der Waals surface area contributed by atoms with Crippen LogP contribution in [0.25, 0.3) is 6.08 Å². The number of halogens is 1. The molecular weight excluding hydrogens is 418 g/mol. The monoisotopic (exact) mass is 441 g/mol. The van der Waals surface area contributed by atoms with Gasteiger partial charge in [0, 0.05) is 44.3 Å². The Kier molecular flexibility index (Phi) is 4.94. The first-order valence-electron chi connectivity index (χ1n) is 10.5. The molecule has 0 saturated heterocycles. The number of hydrogen-bond acceptors (Lipinski definition) is 6. The summed E-state index contributed by atoms with van der Waals surface area (Å²) in [5.41, 5.74) is 1.41. The van der Waals surface area contributed by atoms with Gasteiger partial charge in [0.15, 0.2) is 6.04 Å². The zero-order valence-electron chi connectivity index (χ0n) is 17.5. The lowest BCUT2D eigenvalue weighted by Gasteiger charge is -2.32. The van der Waals surface area contributed by atoms with Gasteiger partial charge in [-0.15, -0.1) is 0 Å². The molecule has 5 rings (SSSR count). The molecule has 0 radical (unpaired) electrons. The van der Waals surface area contributed by atoms with Crippen molar-refractivity contribution < 1.29 is 14.3 Å². The molecule has 2 amide bonds. The molecule has 1 saturated carbocycles. The van der Waals surface area contributed by atoms with Crippen molar-refractivity contribution in [2.24, 2.45) is 15.2 Å². The highest BCUT2D eigenvalue weighted by Gasteiger charge is 2.51. The van der Waals surface area contributed by atoms with E-state index in [4.69, 9.17) is 16.3 Å². The second-order valence-electron chi connectivity index (χ2n) is 8.60. The average Bonchev–Trinajstić information content (AvgIpc) is 3.24. The molecule has 1 aliphatic carbocycles. The quantitative estimate of drug-likeness (QED) is 0.685. The molecule has 0 spiro atoms. The zero-order valence-corrected chi connectivity index (χ0v) is 18.3. The van der Waals surface area contributed by atoms with Gasteiger partial charge < -0.3 is 14.5 Å². The normalized spacial score (nSPS) is 24.9. The van der Waals surface area contributed by atoms with Gasteiger partial charge in [-0.25, -0.2) is 0 Å². The molecule has 31 heavy (non-hydrogen) atoms. The van der Waals surface area contributed by atoms with Gasteiger partial charge in [-0.1, -0.05) is 17.7 Å². The van der Waals surface area contributed by atoms with Crippen molar-refractivity contribution in [2.75, 3.05) is 33.9 Å². The maximum atomic E-state index is 13.2. The van der Waals surface area contributed by atoms with E-state index in [0.29, 0.717) is 31.1 Å². The SMILES string of the molecule is COCC1(N(C)C(=O)C2N=NC3=C2CN(C(=O)C2C=c4ccc(Cl)cc4=N2)CC3)CC1. The molecule has 3 heterocycles. The van der Waals surface area contributed by atoms with Crippen LogP contribution in [0.4, 0.5) is 0 Å². The van der Waals surface area contributed by atoms with E-state index in [1.54, 1.807) is 29.0 Å². The molecule has 1 aromatic rings. The number of nitrogens with zero attached hydrogens (tertiary/aromatic N) is 5. The van der Waals surface area contributed by atoms with Gasteiger partial charge >= 0.3 is 0 Å². The Morgan fingerprint density at radius 2 is 2.16 bits per heavy atom. The van der Waals surface area contributed by atoms with Gasteiger partial charge in [0.05, 0.1) is 23.2 Å². The van der Waals surface area contributed by atoms with Crippen LogP contribution in [0.5, 0.6) is 0 Å². The standard InChI is InChI=1S/C22H24ClN5O3/c1-27(22(6-7-22)12-31-2)21(30)19-15-11-28(8-5-16(15)25-26-19)20(29)18-9-13-3-4-14(23)10-17(13)24-18/h3-4,9-10,18-19H,5-8,11-12H2,1-2H3. The Balaban J connectivity index is 1.31. The van der Waals surface area contributed by atoms with E-state index in [2.05, 4.69) is 15.2 Å². The number of carbonyl (C=O) groups excluding carboxylic acids is 2. The Morgan fingerprint density at radius 1 is 1.35 bits per heavy atom. The predicted molar refractivity (Wildman–Crippen MR) is 114 cm³/mol. The minimum atomic E-state index is -0.662. The minimum absolute atomic E-state index is 0.0802. The average molecular weight is 442 g/mol. The molecule has 3 aliphatic heterocycles. The number of rotatable bonds is 5. The minimum Gasteiger partial charge on any atom is -0.382 e. The largest absolute Gasteiger partial charge is 0.382 e. The van der Waals surface area contributed by atoms with Gasteiger partial charge in [-0.3, -0.25) is 14.6 Å². The second-order valence-corrected chi connectivity index (χ2v) is 9.03. The number of fused-ring (bicyclic) bond motifs is 1. The Hall–Kier alpha value is -2.58. The van der Waals surface area contributed by atoms with E-state index in [9.17, 15) is 9.59 Å². The fraction of sp³-hybridized carbons (Fsp3) is 0.500. The lowest BCUT2D eigenvalue weighted by atomic mass is 9.98. The fourth-order valence-corrected chi connectivity index (χ4v) is 4.73. The molecule has 9 heteroatoms. The summed E-state index contributed by atoms with van der Waals surface area (Å²) in [4.78, 5) is 34.5. The van der Waals surface area contributed by atoms with E-state index < -0.39 is 12.1 Å². The molecule has 2 atom stereocenters. The third-order valence-electron chi connectivity index (χ3n) is 6.66. The van der Waals surface area contributed by atoms with Crippen LogP contribution in [0, 0.1) is 0 Å². The summed E-state index contributed by atoms with van der Waals surface area (Å²) in [6, 6.07) is 4.20. The smallest absolute Gasteiger partial charge is 0.254 e. The topological polar surface area (TPSA) is 86.9 Å². The van der Waals surface area contributed by atoms with Crippen LogP contribution in [0.3, 0.4) is 0 Å². The molecule has 2 unspecified atom stereocenters. The molecule has 1 aromatic carbocycles. The van der Waals surface area contributed by atoms with Crippen molar-refractivity contribution in [2.45, 2.75) is 36.9 Å². The van der Waals surface area contributed by atoms with E-state index in [1.807, 2.05) is 19.2 Å². The van der Waals surface area contributed by atoms with E-state index in [0.717, 1.165) is 34.7 Å². The van der Waals surface area contributed by atoms with E-state index in [-0.39, 0.29) is 17.4 Å². The number of ether oxygens (including phenoxy) is 1. The van der Waals surface area contributed by atoms with Crippen LogP contribution in [-0.2, 0) is 14.3 Å². The summed E-state index contributed by atoms with van der Waals surface area (Å²) in [6.07, 6.45) is 4.30. The first-order chi connectivity index (χ1) is 14.9. The third-order valence-corrected chi connectivity index (χ3v) is 6.90. The van der Waals surface area contributed by atoms with Crippen molar-refractivity contribution in [3.05, 3.63) is 45.1 Å². The number of carbonyl (C=O) groups is 2. The zero-order chi connectivity index (χ0) is 21.8. The summed E-state index contributed by atoms with van der Waals surface area (Å²) < 4.78 is 5.31. The van der Waals surface area contributed by atoms with Crippen LogP contribution in [-0.4, -0.2) is 73.1 Å². The second kappa shape index (κ2) is 7.53. The van der Waals surface area contributed by atoms with Crippen molar-refractivity contribution >= 4 is 29.5 Å². The van der Waals surface area contributed by atoms with Gasteiger partial charge in [0.2, 0.25) is 0 Å². The molecule has 1 fully saturated rings. The fourth-order valence-electron chi connectivity index (χ4n) is 4.57. The van der Waals surface area contributed by atoms with Gasteiger partial charge in [0.25, 0.3) is 11.8 Å². The Bertz CT molecular complexity index is 1140. The summed E-state index contributed by atoms with van der Waals surface area (Å²) in [7, 11) is 3.46. The Labute approximate surface area is 184 Å².